The first-order valence-corrected chi connectivity index (χ1v) is 9.87. The van der Waals surface area contributed by atoms with E-state index in [9.17, 15) is 4.79 Å². The van der Waals surface area contributed by atoms with E-state index < -0.39 is 0 Å². The van der Waals surface area contributed by atoms with E-state index >= 15 is 0 Å². The summed E-state index contributed by atoms with van der Waals surface area (Å²) in [6, 6.07) is 3.98. The monoisotopic (exact) mass is 398 g/mol. The summed E-state index contributed by atoms with van der Waals surface area (Å²) in [5.41, 5.74) is 0. The van der Waals surface area contributed by atoms with Gasteiger partial charge in [-0.3, -0.25) is 4.79 Å². The molecule has 0 radical (unpaired) electrons. The van der Waals surface area contributed by atoms with E-state index in [1.165, 1.54) is 0 Å². The first-order chi connectivity index (χ1) is 14.2. The maximum absolute atomic E-state index is 12.4. The Labute approximate surface area is 170 Å². The van der Waals surface area contributed by atoms with Crippen LogP contribution in [0.25, 0.3) is 0 Å². The SMILES string of the molecule is CN1CCN(c2cc(N3CCN(C(=O)COc4ncccn4)CC3)ncn2)CC1. The zero-order chi connectivity index (χ0) is 20.1. The van der Waals surface area contributed by atoms with Crippen molar-refractivity contribution < 1.29 is 9.53 Å². The second-order valence-corrected chi connectivity index (χ2v) is 7.21. The molecule has 2 fully saturated rings. The van der Waals surface area contributed by atoms with Gasteiger partial charge in [0.15, 0.2) is 6.61 Å². The fourth-order valence-corrected chi connectivity index (χ4v) is 3.48. The standard InChI is InChI=1S/C19H26N8O2/c1-24-5-7-25(8-6-24)16-13-17(23-15-22-16)26-9-11-27(12-10-26)18(28)14-29-19-20-3-2-4-21-19/h2-4,13,15H,5-12,14H2,1H3. The van der Waals surface area contributed by atoms with Crippen LogP contribution in [0.3, 0.4) is 0 Å². The van der Waals surface area contributed by atoms with Crippen LogP contribution < -0.4 is 14.5 Å². The summed E-state index contributed by atoms with van der Waals surface area (Å²) in [7, 11) is 2.14. The van der Waals surface area contributed by atoms with Crippen LogP contribution in [0.4, 0.5) is 11.6 Å². The molecule has 0 aromatic carbocycles. The third kappa shape index (κ3) is 4.89. The molecule has 2 aliphatic heterocycles. The van der Waals surface area contributed by atoms with E-state index in [-0.39, 0.29) is 18.5 Å². The average Bonchev–Trinajstić information content (AvgIpc) is 2.79. The Hall–Kier alpha value is -3.01. The maximum Gasteiger partial charge on any atom is 0.316 e. The van der Waals surface area contributed by atoms with E-state index in [0.29, 0.717) is 13.1 Å². The minimum absolute atomic E-state index is 0.0505. The lowest BCUT2D eigenvalue weighted by Crippen LogP contribution is -2.50. The lowest BCUT2D eigenvalue weighted by Gasteiger charge is -2.36. The number of amides is 1. The van der Waals surface area contributed by atoms with E-state index in [1.54, 1.807) is 24.8 Å². The maximum atomic E-state index is 12.4. The van der Waals surface area contributed by atoms with Crippen LogP contribution in [0.1, 0.15) is 0 Å². The van der Waals surface area contributed by atoms with Gasteiger partial charge >= 0.3 is 6.01 Å². The summed E-state index contributed by atoms with van der Waals surface area (Å²) in [6.45, 7) is 6.69. The number of anilines is 2. The van der Waals surface area contributed by atoms with Crippen molar-refractivity contribution in [2.75, 3.05) is 75.8 Å². The Balaban J connectivity index is 1.29. The Bertz CT molecular complexity index is 805. The molecule has 0 atom stereocenters. The zero-order valence-corrected chi connectivity index (χ0v) is 16.6. The Morgan fingerprint density at radius 2 is 1.48 bits per heavy atom. The van der Waals surface area contributed by atoms with Gasteiger partial charge in [0.25, 0.3) is 5.91 Å². The number of likely N-dealkylation sites (N-methyl/N-ethyl adjacent to an activating group) is 1. The molecule has 0 N–H and O–H groups in total. The third-order valence-electron chi connectivity index (χ3n) is 5.29. The summed E-state index contributed by atoms with van der Waals surface area (Å²) in [6.07, 6.45) is 4.81. The number of nitrogens with zero attached hydrogens (tertiary/aromatic N) is 8. The number of hydrogen-bond donors (Lipinski definition) is 0. The minimum Gasteiger partial charge on any atom is -0.453 e. The zero-order valence-electron chi connectivity index (χ0n) is 16.6. The molecule has 29 heavy (non-hydrogen) atoms. The van der Waals surface area contributed by atoms with E-state index in [2.05, 4.69) is 47.7 Å². The summed E-state index contributed by atoms with van der Waals surface area (Å²) in [5, 5.41) is 0. The van der Waals surface area contributed by atoms with Crippen molar-refractivity contribution in [3.63, 3.8) is 0 Å². The highest BCUT2D eigenvalue weighted by Crippen LogP contribution is 2.20. The topological polar surface area (TPSA) is 90.8 Å². The van der Waals surface area contributed by atoms with Crippen molar-refractivity contribution in [1.29, 1.82) is 0 Å². The molecule has 10 nitrogen and oxygen atoms in total. The van der Waals surface area contributed by atoms with Gasteiger partial charge in [-0.25, -0.2) is 19.9 Å². The van der Waals surface area contributed by atoms with Crippen molar-refractivity contribution in [3.05, 3.63) is 30.9 Å². The highest BCUT2D eigenvalue weighted by Gasteiger charge is 2.23. The third-order valence-corrected chi connectivity index (χ3v) is 5.29. The van der Waals surface area contributed by atoms with Crippen LogP contribution in [-0.4, -0.2) is 102 Å². The Morgan fingerprint density at radius 1 is 0.897 bits per heavy atom. The molecule has 2 aromatic rings. The number of piperazine rings is 2. The van der Waals surface area contributed by atoms with Crippen LogP contribution in [0.5, 0.6) is 6.01 Å². The summed E-state index contributed by atoms with van der Waals surface area (Å²) in [5.74, 6) is 1.82. The van der Waals surface area contributed by atoms with Crippen molar-refractivity contribution >= 4 is 17.5 Å². The van der Waals surface area contributed by atoms with Gasteiger partial charge in [-0.1, -0.05) is 0 Å². The fraction of sp³-hybridized carbons (Fsp3) is 0.526. The summed E-state index contributed by atoms with van der Waals surface area (Å²) >= 11 is 0. The number of hydrogen-bond acceptors (Lipinski definition) is 9. The van der Waals surface area contributed by atoms with E-state index in [1.807, 2.05) is 4.90 Å². The molecule has 10 heteroatoms. The summed E-state index contributed by atoms with van der Waals surface area (Å²) in [4.78, 5) is 37.9. The molecule has 0 aliphatic carbocycles. The molecule has 4 heterocycles. The molecule has 4 rings (SSSR count). The molecule has 0 unspecified atom stereocenters. The second-order valence-electron chi connectivity index (χ2n) is 7.21. The molecule has 154 valence electrons. The van der Waals surface area contributed by atoms with Crippen molar-refractivity contribution in [2.45, 2.75) is 0 Å². The van der Waals surface area contributed by atoms with E-state index in [0.717, 1.165) is 50.9 Å². The molecular weight excluding hydrogens is 372 g/mol. The molecule has 2 aliphatic rings. The predicted octanol–water partition coefficient (Wildman–Crippen LogP) is -0.254. The molecule has 2 aromatic heterocycles. The lowest BCUT2D eigenvalue weighted by molar-refractivity contribution is -0.133. The van der Waals surface area contributed by atoms with Gasteiger partial charge in [0.05, 0.1) is 0 Å². The van der Waals surface area contributed by atoms with Crippen molar-refractivity contribution in [1.82, 2.24) is 29.7 Å². The van der Waals surface area contributed by atoms with Crippen molar-refractivity contribution in [3.8, 4) is 6.01 Å². The summed E-state index contributed by atoms with van der Waals surface area (Å²) < 4.78 is 5.37. The molecule has 1 amide bonds. The van der Waals surface area contributed by atoms with Gasteiger partial charge < -0.3 is 24.3 Å². The predicted molar refractivity (Wildman–Crippen MR) is 108 cm³/mol. The van der Waals surface area contributed by atoms with Crippen LogP contribution >= 0.6 is 0 Å². The van der Waals surface area contributed by atoms with Gasteiger partial charge in [0, 0.05) is 70.8 Å². The number of aromatic nitrogens is 4. The van der Waals surface area contributed by atoms with Gasteiger partial charge in [-0.2, -0.15) is 0 Å². The second kappa shape index (κ2) is 8.99. The molecule has 0 saturated carbocycles. The highest BCUT2D eigenvalue weighted by molar-refractivity contribution is 5.78. The number of rotatable bonds is 5. The Morgan fingerprint density at radius 3 is 2.10 bits per heavy atom. The largest absolute Gasteiger partial charge is 0.453 e. The van der Waals surface area contributed by atoms with Gasteiger partial charge in [0.1, 0.15) is 18.0 Å². The first kappa shape index (κ1) is 19.3. The van der Waals surface area contributed by atoms with Crippen LogP contribution in [0.2, 0.25) is 0 Å². The van der Waals surface area contributed by atoms with Crippen LogP contribution in [0.15, 0.2) is 30.9 Å². The lowest BCUT2D eigenvalue weighted by atomic mass is 10.3. The fourth-order valence-electron chi connectivity index (χ4n) is 3.48. The molecule has 0 bridgehead atoms. The molecule has 2 saturated heterocycles. The number of carbonyl (C=O) groups is 1. The van der Waals surface area contributed by atoms with Crippen LogP contribution in [0, 0.1) is 0 Å². The highest BCUT2D eigenvalue weighted by atomic mass is 16.5. The molecular formula is C19H26N8O2. The molecule has 0 spiro atoms. The number of carbonyl (C=O) groups excluding carboxylic acids is 1. The first-order valence-electron chi connectivity index (χ1n) is 9.87. The van der Waals surface area contributed by atoms with E-state index in [4.69, 9.17) is 4.74 Å². The quantitative estimate of drug-likeness (QED) is 0.676. The van der Waals surface area contributed by atoms with Gasteiger partial charge in [-0.15, -0.1) is 0 Å². The number of ether oxygens (including phenoxy) is 1. The van der Waals surface area contributed by atoms with Gasteiger partial charge in [-0.05, 0) is 13.1 Å². The van der Waals surface area contributed by atoms with Crippen molar-refractivity contribution in [2.24, 2.45) is 0 Å². The average molecular weight is 398 g/mol. The Kier molecular flexibility index (Phi) is 5.99. The smallest absolute Gasteiger partial charge is 0.316 e. The minimum atomic E-state index is -0.0575. The normalized spacial score (nSPS) is 18.0. The van der Waals surface area contributed by atoms with Crippen LogP contribution in [-0.2, 0) is 4.79 Å². The van der Waals surface area contributed by atoms with Gasteiger partial charge in [0.2, 0.25) is 0 Å².